The quantitative estimate of drug-likeness (QED) is 0.427. The predicted octanol–water partition coefficient (Wildman–Crippen LogP) is -0.336. The molecule has 2 N–H and O–H groups in total. The molecule has 0 amide bonds. The summed E-state index contributed by atoms with van der Waals surface area (Å²) in [7, 11) is 0.128. The molecule has 3 nitrogen and oxygen atoms in total. The van der Waals surface area contributed by atoms with Gasteiger partial charge in [-0.05, 0) is 46.1 Å². The minimum Gasteiger partial charge on any atom is -1.00 e. The molecule has 19 heavy (non-hydrogen) atoms. The SMILES string of the molecule is CN(CCCN[Si](C)(C)C)CCCN[Si](C)(C)C.[H-].[Li+]. The fourth-order valence-electron chi connectivity index (χ4n) is 1.74. The van der Waals surface area contributed by atoms with Crippen LogP contribution in [0.4, 0.5) is 0 Å². The summed E-state index contributed by atoms with van der Waals surface area (Å²) in [4.78, 5) is 9.80. The molecule has 0 aromatic rings. The monoisotopic (exact) mass is 297 g/mol. The van der Waals surface area contributed by atoms with Gasteiger partial charge in [-0.25, -0.2) is 0 Å². The van der Waals surface area contributed by atoms with Crippen LogP contribution in [0.5, 0.6) is 0 Å². The minimum atomic E-state index is -1.06. The number of nitrogens with zero attached hydrogens (tertiary/aromatic N) is 1. The zero-order chi connectivity index (χ0) is 14.2. The van der Waals surface area contributed by atoms with E-state index in [1.165, 1.54) is 39.0 Å². The Labute approximate surface area is 137 Å². The van der Waals surface area contributed by atoms with Crippen molar-refractivity contribution in [3.05, 3.63) is 0 Å². The molecule has 0 aliphatic carbocycles. The maximum atomic E-state index is 3.67. The second-order valence-electron chi connectivity index (χ2n) is 7.36. The summed E-state index contributed by atoms with van der Waals surface area (Å²) >= 11 is 0. The Morgan fingerprint density at radius 1 is 0.789 bits per heavy atom. The standard InChI is InChI=1S/C13H35N3Si2.Li.H/c1-16(12-8-10-14-17(2,3)4)13-9-11-15-18(5,6)7;;/h14-15H,8-13H2,1-7H3;;/q;+1;-1. The van der Waals surface area contributed by atoms with E-state index in [4.69, 9.17) is 0 Å². The number of nitrogens with one attached hydrogen (secondary N) is 2. The van der Waals surface area contributed by atoms with Gasteiger partial charge in [-0.15, -0.1) is 0 Å². The third-order valence-electron chi connectivity index (χ3n) is 2.74. The molecular formula is C13H36LiN3Si2. The van der Waals surface area contributed by atoms with Crippen molar-refractivity contribution in [2.24, 2.45) is 0 Å². The summed E-state index contributed by atoms with van der Waals surface area (Å²) in [5.41, 5.74) is 0. The molecule has 112 valence electrons. The Morgan fingerprint density at radius 3 is 1.37 bits per heavy atom. The van der Waals surface area contributed by atoms with Gasteiger partial charge in [-0.1, -0.05) is 39.3 Å². The molecule has 0 unspecified atom stereocenters. The van der Waals surface area contributed by atoms with E-state index in [0.717, 1.165) is 0 Å². The zero-order valence-corrected chi connectivity index (χ0v) is 16.7. The van der Waals surface area contributed by atoms with Crippen LogP contribution >= 0.6 is 0 Å². The molecule has 6 heteroatoms. The van der Waals surface area contributed by atoms with Crippen molar-refractivity contribution < 1.29 is 20.3 Å². The van der Waals surface area contributed by atoms with Crippen LogP contribution in [0.1, 0.15) is 14.3 Å². The fourth-order valence-corrected chi connectivity index (χ4v) is 3.59. The van der Waals surface area contributed by atoms with Crippen LogP contribution in [0.25, 0.3) is 0 Å². The maximum absolute atomic E-state index is 3.67. The normalized spacial score (nSPS) is 12.6. The van der Waals surface area contributed by atoms with E-state index >= 15 is 0 Å². The van der Waals surface area contributed by atoms with Gasteiger partial charge < -0.3 is 16.3 Å². The second kappa shape index (κ2) is 10.6. The molecule has 0 aromatic carbocycles. The van der Waals surface area contributed by atoms with Crippen LogP contribution < -0.4 is 28.8 Å². The Morgan fingerprint density at radius 2 is 1.11 bits per heavy atom. The van der Waals surface area contributed by atoms with Crippen LogP contribution in [0.2, 0.25) is 39.3 Å². The zero-order valence-electron chi connectivity index (χ0n) is 15.7. The minimum absolute atomic E-state index is 0. The van der Waals surface area contributed by atoms with Gasteiger partial charge in [-0.3, -0.25) is 0 Å². The average Bonchev–Trinajstić information content (AvgIpc) is 2.17. The van der Waals surface area contributed by atoms with Crippen molar-refractivity contribution >= 4 is 16.5 Å². The first-order chi connectivity index (χ1) is 8.10. The smallest absolute Gasteiger partial charge is 1.00 e. The summed E-state index contributed by atoms with van der Waals surface area (Å²) in [5, 5.41) is 0. The first kappa shape index (κ1) is 22.2. The van der Waals surface area contributed by atoms with Crippen molar-refractivity contribution in [3.8, 4) is 0 Å². The van der Waals surface area contributed by atoms with Crippen molar-refractivity contribution in [1.29, 1.82) is 0 Å². The van der Waals surface area contributed by atoms with Gasteiger partial charge >= 0.3 is 18.9 Å². The van der Waals surface area contributed by atoms with Gasteiger partial charge in [0.25, 0.3) is 0 Å². The van der Waals surface area contributed by atoms with Crippen molar-refractivity contribution in [3.63, 3.8) is 0 Å². The third-order valence-corrected chi connectivity index (χ3v) is 5.37. The first-order valence-electron chi connectivity index (χ1n) is 7.29. The Hall–Kier alpha value is 0.911. The van der Waals surface area contributed by atoms with Crippen molar-refractivity contribution in [2.75, 3.05) is 33.2 Å². The van der Waals surface area contributed by atoms with Crippen LogP contribution in [0.3, 0.4) is 0 Å². The molecule has 0 fully saturated rings. The molecule has 0 rings (SSSR count). The van der Waals surface area contributed by atoms with Gasteiger partial charge in [0, 0.05) is 0 Å². The van der Waals surface area contributed by atoms with Gasteiger partial charge in [0.1, 0.15) is 16.5 Å². The van der Waals surface area contributed by atoms with Crippen LogP contribution in [-0.4, -0.2) is 54.6 Å². The van der Waals surface area contributed by atoms with E-state index in [0.29, 0.717) is 0 Å². The van der Waals surface area contributed by atoms with Gasteiger partial charge in [0.2, 0.25) is 0 Å². The van der Waals surface area contributed by atoms with E-state index < -0.39 is 16.5 Å². The molecule has 0 atom stereocenters. The first-order valence-corrected chi connectivity index (χ1v) is 14.3. The molecular weight excluding hydrogens is 261 g/mol. The average molecular weight is 298 g/mol. The van der Waals surface area contributed by atoms with E-state index in [2.05, 4.69) is 61.2 Å². The van der Waals surface area contributed by atoms with Crippen LogP contribution in [0, 0.1) is 0 Å². The molecule has 0 bridgehead atoms. The van der Waals surface area contributed by atoms with Crippen molar-refractivity contribution in [1.82, 2.24) is 14.9 Å². The summed E-state index contributed by atoms with van der Waals surface area (Å²) in [6, 6.07) is 0. The molecule has 0 spiro atoms. The Bertz CT molecular complexity index is 199. The number of hydrogen-bond donors (Lipinski definition) is 2. The number of rotatable bonds is 10. The molecule has 0 radical (unpaired) electrons. The van der Waals surface area contributed by atoms with Crippen LogP contribution in [-0.2, 0) is 0 Å². The predicted molar refractivity (Wildman–Crippen MR) is 90.5 cm³/mol. The van der Waals surface area contributed by atoms with E-state index in [1.54, 1.807) is 0 Å². The second-order valence-corrected chi connectivity index (χ2v) is 17.1. The topological polar surface area (TPSA) is 27.3 Å². The van der Waals surface area contributed by atoms with Crippen LogP contribution in [0.15, 0.2) is 0 Å². The van der Waals surface area contributed by atoms with E-state index in [-0.39, 0.29) is 20.3 Å². The van der Waals surface area contributed by atoms with E-state index in [1.807, 2.05) is 0 Å². The number of hydrogen-bond acceptors (Lipinski definition) is 3. The Balaban J connectivity index is -0.00000144. The largest absolute Gasteiger partial charge is 1.00 e. The molecule has 0 heterocycles. The fraction of sp³-hybridized carbons (Fsp3) is 1.00. The molecule has 0 saturated carbocycles. The van der Waals surface area contributed by atoms with Crippen molar-refractivity contribution in [2.45, 2.75) is 52.1 Å². The Kier molecular flexibility index (Phi) is 12.4. The molecule has 0 saturated heterocycles. The molecule has 0 aliphatic heterocycles. The summed E-state index contributed by atoms with van der Waals surface area (Å²) in [5.74, 6) is 0. The van der Waals surface area contributed by atoms with E-state index in [9.17, 15) is 0 Å². The summed E-state index contributed by atoms with van der Waals surface area (Å²) in [6.07, 6.45) is 2.53. The summed E-state index contributed by atoms with van der Waals surface area (Å²) in [6.45, 7) is 18.9. The summed E-state index contributed by atoms with van der Waals surface area (Å²) < 4.78 is 0. The molecule has 0 aliphatic rings. The van der Waals surface area contributed by atoms with Gasteiger partial charge in [0.15, 0.2) is 0 Å². The third kappa shape index (κ3) is 18.9. The molecule has 0 aromatic heterocycles. The van der Waals surface area contributed by atoms with Gasteiger partial charge in [0.05, 0.1) is 0 Å². The van der Waals surface area contributed by atoms with Gasteiger partial charge in [-0.2, -0.15) is 0 Å². The maximum Gasteiger partial charge on any atom is 1.00 e.